The summed E-state index contributed by atoms with van der Waals surface area (Å²) in [5.41, 5.74) is 0. The van der Waals surface area contributed by atoms with Gasteiger partial charge in [0.05, 0.1) is 0 Å². The van der Waals surface area contributed by atoms with E-state index in [9.17, 15) is 18.0 Å². The first-order valence-corrected chi connectivity index (χ1v) is 6.19. The summed E-state index contributed by atoms with van der Waals surface area (Å²) < 4.78 is 40.7. The third-order valence-corrected chi connectivity index (χ3v) is 2.57. The number of hydrogen-bond donors (Lipinski definition) is 0. The molecule has 0 aromatic carbocycles. The largest absolute Gasteiger partial charge is 0.411 e. The zero-order chi connectivity index (χ0) is 14.5. The molecule has 8 heteroatoms. The zero-order valence-electron chi connectivity index (χ0n) is 10.1. The standard InChI is InChI=1S/C11H12BrF3N2O2/c1-2-17(9-4-3-8(12)5-16-9)10(18)6-19-7-11(13,14)15/h3-5H,2,6-7H2,1H3. The monoisotopic (exact) mass is 340 g/mol. The van der Waals surface area contributed by atoms with E-state index in [4.69, 9.17) is 0 Å². The lowest BCUT2D eigenvalue weighted by molar-refractivity contribution is -0.175. The third kappa shape index (κ3) is 5.56. The molecule has 0 saturated heterocycles. The van der Waals surface area contributed by atoms with Crippen molar-refractivity contribution in [3.05, 3.63) is 22.8 Å². The number of hydrogen-bond acceptors (Lipinski definition) is 3. The molecule has 0 aliphatic heterocycles. The van der Waals surface area contributed by atoms with Gasteiger partial charge in [0.2, 0.25) is 0 Å². The molecule has 0 unspecified atom stereocenters. The second-order valence-electron chi connectivity index (χ2n) is 3.58. The van der Waals surface area contributed by atoms with E-state index >= 15 is 0 Å². The molecule has 0 bridgehead atoms. The summed E-state index contributed by atoms with van der Waals surface area (Å²) in [5, 5.41) is 0. The van der Waals surface area contributed by atoms with Crippen LogP contribution < -0.4 is 4.90 Å². The van der Waals surface area contributed by atoms with Gasteiger partial charge in [-0.15, -0.1) is 0 Å². The summed E-state index contributed by atoms with van der Waals surface area (Å²) in [6.07, 6.45) is -2.94. The number of pyridine rings is 1. The van der Waals surface area contributed by atoms with Gasteiger partial charge in [-0.05, 0) is 35.0 Å². The van der Waals surface area contributed by atoms with Gasteiger partial charge in [0, 0.05) is 17.2 Å². The molecule has 0 aliphatic carbocycles. The fourth-order valence-corrected chi connectivity index (χ4v) is 1.56. The minimum Gasteiger partial charge on any atom is -0.362 e. The molecule has 1 heterocycles. The van der Waals surface area contributed by atoms with Crippen molar-refractivity contribution in [1.29, 1.82) is 0 Å². The maximum absolute atomic E-state index is 11.9. The Morgan fingerprint density at radius 1 is 1.47 bits per heavy atom. The van der Waals surface area contributed by atoms with Crippen LogP contribution in [0.5, 0.6) is 0 Å². The lowest BCUT2D eigenvalue weighted by Gasteiger charge is -2.20. The van der Waals surface area contributed by atoms with E-state index in [0.29, 0.717) is 12.4 Å². The van der Waals surface area contributed by atoms with Crippen LogP contribution in [0.4, 0.5) is 19.0 Å². The number of alkyl halides is 3. The van der Waals surface area contributed by atoms with Gasteiger partial charge in [-0.3, -0.25) is 9.69 Å². The molecule has 1 aromatic rings. The first-order chi connectivity index (χ1) is 8.83. The van der Waals surface area contributed by atoms with Gasteiger partial charge < -0.3 is 4.74 Å². The second kappa shape index (κ2) is 6.85. The maximum Gasteiger partial charge on any atom is 0.411 e. The number of likely N-dealkylation sites (N-methyl/N-ethyl adjacent to an activating group) is 1. The van der Waals surface area contributed by atoms with E-state index in [1.165, 1.54) is 11.1 Å². The van der Waals surface area contributed by atoms with Crippen LogP contribution in [0.25, 0.3) is 0 Å². The van der Waals surface area contributed by atoms with E-state index < -0.39 is 25.3 Å². The number of carbonyl (C=O) groups is 1. The van der Waals surface area contributed by atoms with Crippen LogP contribution in [-0.4, -0.2) is 36.8 Å². The quantitative estimate of drug-likeness (QED) is 0.827. The van der Waals surface area contributed by atoms with E-state index in [1.807, 2.05) is 0 Å². The van der Waals surface area contributed by atoms with Gasteiger partial charge in [0.25, 0.3) is 5.91 Å². The topological polar surface area (TPSA) is 42.4 Å². The second-order valence-corrected chi connectivity index (χ2v) is 4.50. The van der Waals surface area contributed by atoms with Crippen molar-refractivity contribution in [3.63, 3.8) is 0 Å². The summed E-state index contributed by atoms with van der Waals surface area (Å²) in [5.74, 6) is -0.201. The highest BCUT2D eigenvalue weighted by Gasteiger charge is 2.28. The lowest BCUT2D eigenvalue weighted by atomic mass is 10.4. The number of ether oxygens (including phenoxy) is 1. The SMILES string of the molecule is CCN(C(=O)COCC(F)(F)F)c1ccc(Br)cn1. The van der Waals surface area contributed by atoms with Crippen LogP contribution >= 0.6 is 15.9 Å². The fraction of sp³-hybridized carbons (Fsp3) is 0.455. The minimum absolute atomic E-state index is 0.294. The highest BCUT2D eigenvalue weighted by molar-refractivity contribution is 9.10. The first kappa shape index (κ1) is 15.9. The number of halogens is 4. The molecule has 1 rings (SSSR count). The summed E-state index contributed by atoms with van der Waals surface area (Å²) in [4.78, 5) is 17.0. The van der Waals surface area contributed by atoms with Crippen LogP contribution in [0, 0.1) is 0 Å². The van der Waals surface area contributed by atoms with Crippen LogP contribution in [0.2, 0.25) is 0 Å². The van der Waals surface area contributed by atoms with E-state index in [1.54, 1.807) is 19.1 Å². The Kier molecular flexibility index (Phi) is 5.74. The molecule has 19 heavy (non-hydrogen) atoms. The molecule has 0 saturated carbocycles. The molecule has 0 radical (unpaired) electrons. The summed E-state index contributed by atoms with van der Waals surface area (Å²) >= 11 is 3.20. The van der Waals surface area contributed by atoms with Crippen molar-refractivity contribution < 1.29 is 22.7 Å². The Hall–Kier alpha value is -1.15. The van der Waals surface area contributed by atoms with Crippen molar-refractivity contribution in [1.82, 2.24) is 4.98 Å². The maximum atomic E-state index is 11.9. The summed E-state index contributed by atoms with van der Waals surface area (Å²) in [7, 11) is 0. The summed E-state index contributed by atoms with van der Waals surface area (Å²) in [6, 6.07) is 3.28. The minimum atomic E-state index is -4.44. The van der Waals surface area contributed by atoms with Crippen molar-refractivity contribution in [2.75, 3.05) is 24.7 Å². The number of amides is 1. The Balaban J connectivity index is 2.59. The third-order valence-electron chi connectivity index (χ3n) is 2.10. The molecule has 0 spiro atoms. The van der Waals surface area contributed by atoms with Crippen molar-refractivity contribution in [2.45, 2.75) is 13.1 Å². The molecule has 0 fully saturated rings. The molecule has 0 atom stereocenters. The fourth-order valence-electron chi connectivity index (χ4n) is 1.33. The van der Waals surface area contributed by atoms with Gasteiger partial charge >= 0.3 is 6.18 Å². The highest BCUT2D eigenvalue weighted by Crippen LogP contribution is 2.16. The van der Waals surface area contributed by atoms with Crippen LogP contribution in [0.15, 0.2) is 22.8 Å². The zero-order valence-corrected chi connectivity index (χ0v) is 11.7. The average Bonchev–Trinajstić information content (AvgIpc) is 2.31. The molecular weight excluding hydrogens is 329 g/mol. The number of carbonyl (C=O) groups excluding carboxylic acids is 1. The Bertz CT molecular complexity index is 423. The summed E-state index contributed by atoms with van der Waals surface area (Å²) in [6.45, 7) is -0.0800. The Morgan fingerprint density at radius 3 is 2.63 bits per heavy atom. The molecule has 1 aromatic heterocycles. The van der Waals surface area contributed by atoms with Crippen LogP contribution in [0.3, 0.4) is 0 Å². The van der Waals surface area contributed by atoms with Crippen LogP contribution in [0.1, 0.15) is 6.92 Å². The predicted molar refractivity (Wildman–Crippen MR) is 66.8 cm³/mol. The highest BCUT2D eigenvalue weighted by atomic mass is 79.9. The number of rotatable bonds is 5. The van der Waals surface area contributed by atoms with E-state index in [0.717, 1.165) is 4.47 Å². The molecule has 0 aliphatic rings. The van der Waals surface area contributed by atoms with Gasteiger partial charge in [0.15, 0.2) is 0 Å². The Morgan fingerprint density at radius 2 is 2.16 bits per heavy atom. The number of nitrogens with zero attached hydrogens (tertiary/aromatic N) is 2. The molecule has 1 amide bonds. The predicted octanol–water partition coefficient (Wildman–Crippen LogP) is 2.78. The smallest absolute Gasteiger partial charge is 0.362 e. The van der Waals surface area contributed by atoms with Crippen molar-refractivity contribution >= 4 is 27.7 Å². The van der Waals surface area contributed by atoms with E-state index in [2.05, 4.69) is 25.7 Å². The van der Waals surface area contributed by atoms with Crippen molar-refractivity contribution in [2.24, 2.45) is 0 Å². The molecule has 4 nitrogen and oxygen atoms in total. The molecule has 0 N–H and O–H groups in total. The average molecular weight is 341 g/mol. The number of aromatic nitrogens is 1. The van der Waals surface area contributed by atoms with E-state index in [-0.39, 0.29) is 0 Å². The van der Waals surface area contributed by atoms with Gasteiger partial charge in [-0.1, -0.05) is 0 Å². The Labute approximate surface area is 116 Å². The van der Waals surface area contributed by atoms with Gasteiger partial charge in [0.1, 0.15) is 19.0 Å². The lowest BCUT2D eigenvalue weighted by Crippen LogP contribution is -2.35. The first-order valence-electron chi connectivity index (χ1n) is 5.40. The van der Waals surface area contributed by atoms with Gasteiger partial charge in [-0.2, -0.15) is 13.2 Å². The number of anilines is 1. The van der Waals surface area contributed by atoms with Crippen molar-refractivity contribution in [3.8, 4) is 0 Å². The molecule has 106 valence electrons. The van der Waals surface area contributed by atoms with Gasteiger partial charge in [-0.25, -0.2) is 4.98 Å². The normalized spacial score (nSPS) is 11.4. The van der Waals surface area contributed by atoms with Crippen LogP contribution in [-0.2, 0) is 9.53 Å². The molecular formula is C11H12BrF3N2O2.